The number of sulfonamides is 1. The van der Waals surface area contributed by atoms with Crippen molar-refractivity contribution in [3.8, 4) is 0 Å². The SMILES string of the molecule is CNCc1cc(S(=O)(=O)NCC2CCCC2)cc(C)c1F. The summed E-state index contributed by atoms with van der Waals surface area (Å²) in [5, 5.41) is 2.85. The third-order valence-corrected chi connectivity index (χ3v) is 5.42. The van der Waals surface area contributed by atoms with Gasteiger partial charge in [-0.1, -0.05) is 12.8 Å². The molecule has 1 aromatic rings. The maximum Gasteiger partial charge on any atom is 0.240 e. The molecule has 1 aliphatic rings. The highest BCUT2D eigenvalue weighted by molar-refractivity contribution is 7.89. The molecule has 0 unspecified atom stereocenters. The molecule has 1 saturated carbocycles. The third-order valence-electron chi connectivity index (χ3n) is 4.02. The van der Waals surface area contributed by atoms with Crippen LogP contribution in [-0.4, -0.2) is 22.0 Å². The fraction of sp³-hybridized carbons (Fsp3) is 0.600. The normalized spacial score (nSPS) is 16.5. The first kappa shape index (κ1) is 16.4. The Morgan fingerprint density at radius 3 is 2.57 bits per heavy atom. The molecule has 0 spiro atoms. The molecule has 0 heterocycles. The van der Waals surface area contributed by atoms with Gasteiger partial charge in [-0.25, -0.2) is 17.5 Å². The number of rotatable bonds is 6. The first-order valence-corrected chi connectivity index (χ1v) is 8.85. The van der Waals surface area contributed by atoms with Crippen LogP contribution in [0.1, 0.15) is 36.8 Å². The molecule has 2 N–H and O–H groups in total. The van der Waals surface area contributed by atoms with E-state index in [0.29, 0.717) is 30.1 Å². The summed E-state index contributed by atoms with van der Waals surface area (Å²) < 4.78 is 41.3. The molecule has 1 fully saturated rings. The maximum absolute atomic E-state index is 13.9. The molecule has 0 aliphatic heterocycles. The van der Waals surface area contributed by atoms with Crippen molar-refractivity contribution < 1.29 is 12.8 Å². The first-order valence-electron chi connectivity index (χ1n) is 7.37. The van der Waals surface area contributed by atoms with Crippen LogP contribution in [0.25, 0.3) is 0 Å². The second-order valence-electron chi connectivity index (χ2n) is 5.75. The Morgan fingerprint density at radius 1 is 1.29 bits per heavy atom. The summed E-state index contributed by atoms with van der Waals surface area (Å²) >= 11 is 0. The van der Waals surface area contributed by atoms with Crippen LogP contribution in [0.2, 0.25) is 0 Å². The van der Waals surface area contributed by atoms with Crippen molar-refractivity contribution in [3.63, 3.8) is 0 Å². The zero-order chi connectivity index (χ0) is 15.5. The maximum atomic E-state index is 13.9. The summed E-state index contributed by atoms with van der Waals surface area (Å²) in [5.41, 5.74) is 0.725. The average Bonchev–Trinajstić information content (AvgIpc) is 2.95. The van der Waals surface area contributed by atoms with Gasteiger partial charge in [-0.05, 0) is 50.4 Å². The highest BCUT2D eigenvalue weighted by atomic mass is 32.2. The highest BCUT2D eigenvalue weighted by Gasteiger charge is 2.21. The van der Waals surface area contributed by atoms with Gasteiger partial charge in [0.05, 0.1) is 4.90 Å². The molecule has 0 saturated heterocycles. The van der Waals surface area contributed by atoms with E-state index in [4.69, 9.17) is 0 Å². The Morgan fingerprint density at radius 2 is 1.95 bits per heavy atom. The molecule has 1 aliphatic carbocycles. The fourth-order valence-electron chi connectivity index (χ4n) is 2.81. The van der Waals surface area contributed by atoms with E-state index in [9.17, 15) is 12.8 Å². The number of hydrogen-bond donors (Lipinski definition) is 2. The van der Waals surface area contributed by atoms with E-state index in [2.05, 4.69) is 10.0 Å². The third kappa shape index (κ3) is 4.02. The van der Waals surface area contributed by atoms with Gasteiger partial charge in [-0.15, -0.1) is 0 Å². The van der Waals surface area contributed by atoms with Crippen LogP contribution in [0.15, 0.2) is 17.0 Å². The van der Waals surface area contributed by atoms with Crippen molar-refractivity contribution in [2.24, 2.45) is 5.92 Å². The van der Waals surface area contributed by atoms with Gasteiger partial charge in [0.25, 0.3) is 0 Å². The van der Waals surface area contributed by atoms with Gasteiger partial charge in [0.1, 0.15) is 5.82 Å². The van der Waals surface area contributed by atoms with Crippen molar-refractivity contribution in [1.82, 2.24) is 10.0 Å². The van der Waals surface area contributed by atoms with Gasteiger partial charge >= 0.3 is 0 Å². The van der Waals surface area contributed by atoms with Crippen LogP contribution >= 0.6 is 0 Å². The predicted octanol–water partition coefficient (Wildman–Crippen LogP) is 2.32. The Kier molecular flexibility index (Phi) is 5.35. The van der Waals surface area contributed by atoms with Gasteiger partial charge in [-0.3, -0.25) is 0 Å². The molecule has 1 aromatic carbocycles. The van der Waals surface area contributed by atoms with E-state index >= 15 is 0 Å². The second kappa shape index (κ2) is 6.85. The van der Waals surface area contributed by atoms with Gasteiger partial charge in [0, 0.05) is 18.7 Å². The zero-order valence-corrected chi connectivity index (χ0v) is 13.4. The molecule has 4 nitrogen and oxygen atoms in total. The summed E-state index contributed by atoms with van der Waals surface area (Å²) in [6.45, 7) is 2.36. The standard InChI is InChI=1S/C15H23FN2O2S/c1-11-7-14(8-13(10-17-2)15(11)16)21(19,20)18-9-12-5-3-4-6-12/h7-8,12,17-18H,3-6,9-10H2,1-2H3. The van der Waals surface area contributed by atoms with E-state index in [1.54, 1.807) is 14.0 Å². The lowest BCUT2D eigenvalue weighted by Crippen LogP contribution is -2.29. The van der Waals surface area contributed by atoms with E-state index in [0.717, 1.165) is 12.8 Å². The number of benzene rings is 1. The minimum Gasteiger partial charge on any atom is -0.316 e. The average molecular weight is 314 g/mol. The highest BCUT2D eigenvalue weighted by Crippen LogP contribution is 2.25. The summed E-state index contributed by atoms with van der Waals surface area (Å²) in [5.74, 6) is 0.0807. The lowest BCUT2D eigenvalue weighted by Gasteiger charge is -2.13. The molecule has 0 bridgehead atoms. The zero-order valence-electron chi connectivity index (χ0n) is 12.6. The summed E-state index contributed by atoms with van der Waals surface area (Å²) in [6, 6.07) is 2.81. The molecule has 118 valence electrons. The molecule has 0 amide bonds. The lowest BCUT2D eigenvalue weighted by molar-refractivity contribution is 0.519. The Labute approximate surface area is 126 Å². The van der Waals surface area contributed by atoms with Crippen molar-refractivity contribution in [2.45, 2.75) is 44.0 Å². The number of nitrogens with one attached hydrogen (secondary N) is 2. The van der Waals surface area contributed by atoms with Crippen molar-refractivity contribution in [3.05, 3.63) is 29.1 Å². The molecule has 2 rings (SSSR count). The Balaban J connectivity index is 2.18. The van der Waals surface area contributed by atoms with Crippen molar-refractivity contribution >= 4 is 10.0 Å². The first-order chi connectivity index (χ1) is 9.94. The fourth-order valence-corrected chi connectivity index (χ4v) is 4.06. The van der Waals surface area contributed by atoms with Gasteiger partial charge < -0.3 is 5.32 Å². The Bertz CT molecular complexity index is 596. The predicted molar refractivity (Wildman–Crippen MR) is 81.0 cm³/mol. The van der Waals surface area contributed by atoms with Crippen molar-refractivity contribution in [1.29, 1.82) is 0 Å². The molecular weight excluding hydrogens is 291 g/mol. The molecular formula is C15H23FN2O2S. The number of hydrogen-bond acceptors (Lipinski definition) is 3. The van der Waals surface area contributed by atoms with Crippen LogP contribution in [0, 0.1) is 18.7 Å². The van der Waals surface area contributed by atoms with Crippen molar-refractivity contribution in [2.75, 3.05) is 13.6 Å². The van der Waals surface area contributed by atoms with Gasteiger partial charge in [0.15, 0.2) is 0 Å². The van der Waals surface area contributed by atoms with Gasteiger partial charge in [0.2, 0.25) is 10.0 Å². The van der Waals surface area contributed by atoms with Crippen LogP contribution in [0.4, 0.5) is 4.39 Å². The van der Waals surface area contributed by atoms with E-state index in [1.807, 2.05) is 0 Å². The number of halogens is 1. The van der Waals surface area contributed by atoms with Crippen LogP contribution in [-0.2, 0) is 16.6 Å². The van der Waals surface area contributed by atoms with Crippen LogP contribution in [0.5, 0.6) is 0 Å². The minimum atomic E-state index is -3.57. The number of aryl methyl sites for hydroxylation is 1. The lowest BCUT2D eigenvalue weighted by atomic mass is 10.1. The molecule has 0 aromatic heterocycles. The minimum absolute atomic E-state index is 0.143. The van der Waals surface area contributed by atoms with Crippen LogP contribution < -0.4 is 10.0 Å². The molecule has 0 radical (unpaired) electrons. The molecule has 21 heavy (non-hydrogen) atoms. The molecule has 6 heteroatoms. The topological polar surface area (TPSA) is 58.2 Å². The monoisotopic (exact) mass is 314 g/mol. The summed E-state index contributed by atoms with van der Waals surface area (Å²) in [6.07, 6.45) is 4.51. The Hall–Kier alpha value is -0.980. The smallest absolute Gasteiger partial charge is 0.240 e. The largest absolute Gasteiger partial charge is 0.316 e. The van der Waals surface area contributed by atoms with Crippen LogP contribution in [0.3, 0.4) is 0 Å². The molecule has 0 atom stereocenters. The summed E-state index contributed by atoms with van der Waals surface area (Å²) in [4.78, 5) is 0.143. The van der Waals surface area contributed by atoms with E-state index in [1.165, 1.54) is 25.0 Å². The van der Waals surface area contributed by atoms with E-state index in [-0.39, 0.29) is 10.7 Å². The van der Waals surface area contributed by atoms with E-state index < -0.39 is 10.0 Å². The van der Waals surface area contributed by atoms with Gasteiger partial charge in [-0.2, -0.15) is 0 Å². The summed E-state index contributed by atoms with van der Waals surface area (Å²) in [7, 11) is -1.87. The quantitative estimate of drug-likeness (QED) is 0.847. The second-order valence-corrected chi connectivity index (χ2v) is 7.51.